The lowest BCUT2D eigenvalue weighted by Gasteiger charge is -2.23. The van der Waals surface area contributed by atoms with Crippen LogP contribution < -0.4 is 5.73 Å². The Morgan fingerprint density at radius 2 is 2.00 bits per heavy atom. The summed E-state index contributed by atoms with van der Waals surface area (Å²) in [5.41, 5.74) is 5.21. The van der Waals surface area contributed by atoms with Crippen molar-refractivity contribution in [2.24, 2.45) is 5.73 Å². The normalized spacial score (nSPS) is 11.5. The SMILES string of the molecule is C=CC[Si](OC)(OC)OCN. The number of rotatable bonds is 6. The molecular formula is C6H15NO3Si. The van der Waals surface area contributed by atoms with Gasteiger partial charge < -0.3 is 19.0 Å². The van der Waals surface area contributed by atoms with E-state index in [0.717, 1.165) is 0 Å². The Hall–Kier alpha value is -0.203. The lowest BCUT2D eigenvalue weighted by Crippen LogP contribution is -2.44. The van der Waals surface area contributed by atoms with Crippen molar-refractivity contribution in [2.45, 2.75) is 6.04 Å². The van der Waals surface area contributed by atoms with Crippen LogP contribution in [-0.2, 0) is 13.3 Å². The van der Waals surface area contributed by atoms with E-state index < -0.39 is 8.80 Å². The molecule has 0 unspecified atom stereocenters. The molecule has 0 atom stereocenters. The number of hydrogen-bond acceptors (Lipinski definition) is 4. The van der Waals surface area contributed by atoms with Crippen LogP contribution in [0.25, 0.3) is 0 Å². The molecule has 0 saturated heterocycles. The average Bonchev–Trinajstić information content (AvgIpc) is 2.04. The highest BCUT2D eigenvalue weighted by Gasteiger charge is 2.36. The molecule has 0 aromatic rings. The van der Waals surface area contributed by atoms with Gasteiger partial charge in [0.05, 0.1) is 6.73 Å². The van der Waals surface area contributed by atoms with Crippen LogP contribution in [0.5, 0.6) is 0 Å². The van der Waals surface area contributed by atoms with E-state index in [2.05, 4.69) is 6.58 Å². The second-order valence-electron chi connectivity index (χ2n) is 1.90. The van der Waals surface area contributed by atoms with Gasteiger partial charge in [0.1, 0.15) is 0 Å². The minimum atomic E-state index is -2.49. The molecule has 0 rings (SSSR count). The fourth-order valence-electron chi connectivity index (χ4n) is 0.731. The van der Waals surface area contributed by atoms with E-state index in [0.29, 0.717) is 6.04 Å². The summed E-state index contributed by atoms with van der Waals surface area (Å²) in [6.45, 7) is 3.69. The van der Waals surface area contributed by atoms with Crippen LogP contribution in [0.4, 0.5) is 0 Å². The van der Waals surface area contributed by atoms with Gasteiger partial charge in [0.2, 0.25) is 0 Å². The van der Waals surface area contributed by atoms with Crippen LogP contribution in [0.2, 0.25) is 6.04 Å². The van der Waals surface area contributed by atoms with Crippen LogP contribution in [0.3, 0.4) is 0 Å². The zero-order chi connectivity index (χ0) is 8.74. The Morgan fingerprint density at radius 3 is 2.27 bits per heavy atom. The van der Waals surface area contributed by atoms with E-state index >= 15 is 0 Å². The Morgan fingerprint density at radius 1 is 1.45 bits per heavy atom. The first-order valence-corrected chi connectivity index (χ1v) is 5.23. The maximum atomic E-state index is 5.21. The molecule has 11 heavy (non-hydrogen) atoms. The highest BCUT2D eigenvalue weighted by molar-refractivity contribution is 6.61. The van der Waals surface area contributed by atoms with Gasteiger partial charge in [0.25, 0.3) is 0 Å². The highest BCUT2D eigenvalue weighted by atomic mass is 28.4. The molecule has 4 nitrogen and oxygen atoms in total. The molecule has 0 bridgehead atoms. The maximum Gasteiger partial charge on any atom is 0.505 e. The standard InChI is InChI=1S/C6H15NO3Si/c1-4-5-11(8-2,9-3)10-6-7/h4H,1,5-7H2,2-3H3. The average molecular weight is 177 g/mol. The van der Waals surface area contributed by atoms with Crippen molar-refractivity contribution >= 4 is 8.80 Å². The van der Waals surface area contributed by atoms with Gasteiger partial charge in [-0.25, -0.2) is 0 Å². The van der Waals surface area contributed by atoms with Crippen molar-refractivity contribution in [1.29, 1.82) is 0 Å². The molecule has 5 heteroatoms. The summed E-state index contributed by atoms with van der Waals surface area (Å²) in [7, 11) is 0.614. The molecule has 0 aliphatic rings. The van der Waals surface area contributed by atoms with Crippen molar-refractivity contribution in [3.05, 3.63) is 12.7 Å². The second-order valence-corrected chi connectivity index (χ2v) is 4.77. The summed E-state index contributed by atoms with van der Waals surface area (Å²) in [4.78, 5) is 0. The lowest BCUT2D eigenvalue weighted by atomic mass is 10.8. The van der Waals surface area contributed by atoms with Crippen LogP contribution in [-0.4, -0.2) is 29.8 Å². The topological polar surface area (TPSA) is 53.7 Å². The molecule has 0 radical (unpaired) electrons. The van der Waals surface area contributed by atoms with Gasteiger partial charge in [-0.3, -0.25) is 0 Å². The molecule has 0 aromatic carbocycles. The smallest absolute Gasteiger partial charge is 0.377 e. The first kappa shape index (κ1) is 10.8. The molecule has 0 amide bonds. The van der Waals surface area contributed by atoms with Gasteiger partial charge in [-0.05, 0) is 0 Å². The number of hydrogen-bond donors (Lipinski definition) is 1. The second kappa shape index (κ2) is 5.45. The summed E-state index contributed by atoms with van der Waals surface area (Å²) < 4.78 is 15.4. The fourth-order valence-corrected chi connectivity index (χ4v) is 2.19. The summed E-state index contributed by atoms with van der Waals surface area (Å²) in [6, 6.07) is 0.581. The van der Waals surface area contributed by atoms with Gasteiger partial charge in [-0.15, -0.1) is 6.58 Å². The molecule has 0 fully saturated rings. The molecule has 0 saturated carbocycles. The molecular weight excluding hydrogens is 162 g/mol. The number of allylic oxidation sites excluding steroid dienone is 1. The van der Waals surface area contributed by atoms with E-state index in [1.165, 1.54) is 0 Å². The van der Waals surface area contributed by atoms with E-state index in [4.69, 9.17) is 19.0 Å². The Labute approximate surface area is 68.3 Å². The molecule has 0 spiro atoms. The zero-order valence-corrected chi connectivity index (χ0v) is 8.00. The van der Waals surface area contributed by atoms with Gasteiger partial charge >= 0.3 is 8.80 Å². The largest absolute Gasteiger partial charge is 0.505 e. The summed E-state index contributed by atoms with van der Waals surface area (Å²) in [6.07, 6.45) is 1.70. The van der Waals surface area contributed by atoms with Crippen LogP contribution in [0.15, 0.2) is 12.7 Å². The predicted molar refractivity (Wildman–Crippen MR) is 44.9 cm³/mol. The van der Waals surface area contributed by atoms with Gasteiger partial charge in [0.15, 0.2) is 0 Å². The predicted octanol–water partition coefficient (Wildman–Crippen LogP) is 0.337. The third-order valence-electron chi connectivity index (χ3n) is 1.32. The molecule has 2 N–H and O–H groups in total. The van der Waals surface area contributed by atoms with Crippen molar-refractivity contribution in [1.82, 2.24) is 0 Å². The summed E-state index contributed by atoms with van der Waals surface area (Å²) in [5.74, 6) is 0. The van der Waals surface area contributed by atoms with Gasteiger partial charge in [-0.1, -0.05) is 6.08 Å². The van der Waals surface area contributed by atoms with Crippen LogP contribution in [0.1, 0.15) is 0 Å². The van der Waals surface area contributed by atoms with Crippen LogP contribution >= 0.6 is 0 Å². The van der Waals surface area contributed by atoms with Crippen LogP contribution in [0, 0.1) is 0 Å². The molecule has 0 heterocycles. The molecule has 66 valence electrons. The first-order chi connectivity index (χ1) is 5.24. The summed E-state index contributed by atoms with van der Waals surface area (Å²) >= 11 is 0. The van der Waals surface area contributed by atoms with E-state index in [1.807, 2.05) is 0 Å². The minimum absolute atomic E-state index is 0.113. The molecule has 0 aliphatic carbocycles. The van der Waals surface area contributed by atoms with Gasteiger partial charge in [-0.2, -0.15) is 0 Å². The van der Waals surface area contributed by atoms with Crippen molar-refractivity contribution in [2.75, 3.05) is 21.0 Å². The third kappa shape index (κ3) is 3.13. The minimum Gasteiger partial charge on any atom is -0.377 e. The monoisotopic (exact) mass is 177 g/mol. The third-order valence-corrected chi connectivity index (χ3v) is 3.96. The van der Waals surface area contributed by atoms with E-state index in [-0.39, 0.29) is 6.73 Å². The summed E-state index contributed by atoms with van der Waals surface area (Å²) in [5, 5.41) is 0. The lowest BCUT2D eigenvalue weighted by molar-refractivity contribution is 0.104. The Balaban J connectivity index is 4.06. The zero-order valence-electron chi connectivity index (χ0n) is 7.00. The van der Waals surface area contributed by atoms with E-state index in [1.54, 1.807) is 20.3 Å². The van der Waals surface area contributed by atoms with Crippen molar-refractivity contribution in [3.8, 4) is 0 Å². The maximum absolute atomic E-state index is 5.21. The van der Waals surface area contributed by atoms with Crippen molar-refractivity contribution < 1.29 is 13.3 Å². The fraction of sp³-hybridized carbons (Fsp3) is 0.667. The Bertz CT molecular complexity index is 116. The first-order valence-electron chi connectivity index (χ1n) is 3.30. The number of nitrogens with two attached hydrogens (primary N) is 1. The van der Waals surface area contributed by atoms with E-state index in [9.17, 15) is 0 Å². The Kier molecular flexibility index (Phi) is 5.35. The van der Waals surface area contributed by atoms with Crippen molar-refractivity contribution in [3.63, 3.8) is 0 Å². The molecule has 0 aliphatic heterocycles. The highest BCUT2D eigenvalue weighted by Crippen LogP contribution is 2.12. The quantitative estimate of drug-likeness (QED) is 0.361. The molecule has 0 aromatic heterocycles. The van der Waals surface area contributed by atoms with Gasteiger partial charge in [0, 0.05) is 20.3 Å².